The van der Waals surface area contributed by atoms with E-state index in [1.807, 2.05) is 12.2 Å². The molecule has 0 saturated heterocycles. The maximum absolute atomic E-state index is 10.9. The molecule has 0 radical (unpaired) electrons. The molecule has 0 amide bonds. The van der Waals surface area contributed by atoms with Crippen LogP contribution >= 0.6 is 0 Å². The van der Waals surface area contributed by atoms with Crippen molar-refractivity contribution in [3.63, 3.8) is 0 Å². The van der Waals surface area contributed by atoms with Crippen LogP contribution in [0.3, 0.4) is 0 Å². The molecule has 2 aliphatic rings. The average molecular weight is 192 g/mol. The van der Waals surface area contributed by atoms with Gasteiger partial charge in [0, 0.05) is 12.8 Å². The number of hydrogen-bond donors (Lipinski definition) is 0. The number of ether oxygens (including phenoxy) is 1. The number of carbonyl (C=O) groups excluding carboxylic acids is 1. The van der Waals surface area contributed by atoms with Crippen molar-refractivity contribution in [3.05, 3.63) is 24.8 Å². The van der Waals surface area contributed by atoms with Gasteiger partial charge in [0.1, 0.15) is 6.10 Å². The fourth-order valence-corrected chi connectivity index (χ4v) is 2.65. The molecular weight excluding hydrogens is 176 g/mol. The van der Waals surface area contributed by atoms with E-state index in [1.165, 1.54) is 13.3 Å². The summed E-state index contributed by atoms with van der Waals surface area (Å²) in [7, 11) is 0. The van der Waals surface area contributed by atoms with Crippen LogP contribution in [0.4, 0.5) is 0 Å². The predicted octanol–water partition coefficient (Wildman–Crippen LogP) is 2.32. The van der Waals surface area contributed by atoms with Crippen LogP contribution in [0, 0.1) is 17.8 Å². The third-order valence-corrected chi connectivity index (χ3v) is 3.31. The molecule has 1 unspecified atom stereocenters. The van der Waals surface area contributed by atoms with Crippen LogP contribution < -0.4 is 0 Å². The van der Waals surface area contributed by atoms with E-state index in [4.69, 9.17) is 4.74 Å². The minimum absolute atomic E-state index is 0.0162. The molecule has 76 valence electrons. The van der Waals surface area contributed by atoms with Crippen molar-refractivity contribution in [1.29, 1.82) is 0 Å². The fourth-order valence-electron chi connectivity index (χ4n) is 2.65. The zero-order valence-electron chi connectivity index (χ0n) is 8.48. The molecule has 1 fully saturated rings. The van der Waals surface area contributed by atoms with Gasteiger partial charge in [0.15, 0.2) is 0 Å². The Kier molecular flexibility index (Phi) is 2.44. The van der Waals surface area contributed by atoms with E-state index in [0.29, 0.717) is 17.8 Å². The van der Waals surface area contributed by atoms with E-state index < -0.39 is 0 Å². The van der Waals surface area contributed by atoms with Crippen LogP contribution in [0.2, 0.25) is 0 Å². The molecule has 1 saturated carbocycles. The second-order valence-corrected chi connectivity index (χ2v) is 4.25. The van der Waals surface area contributed by atoms with Crippen LogP contribution in [0.25, 0.3) is 0 Å². The van der Waals surface area contributed by atoms with Gasteiger partial charge in [-0.15, -0.1) is 6.58 Å². The summed E-state index contributed by atoms with van der Waals surface area (Å²) < 4.78 is 5.26. The number of allylic oxidation sites excluding steroid dienone is 2. The number of hydrogen-bond acceptors (Lipinski definition) is 2. The topological polar surface area (TPSA) is 26.3 Å². The lowest BCUT2D eigenvalue weighted by atomic mass is 9.98. The van der Waals surface area contributed by atoms with Crippen molar-refractivity contribution in [2.24, 2.45) is 17.8 Å². The van der Waals surface area contributed by atoms with Crippen LogP contribution in [0.1, 0.15) is 19.8 Å². The normalized spacial score (nSPS) is 39.5. The largest absolute Gasteiger partial charge is 0.458 e. The van der Waals surface area contributed by atoms with Gasteiger partial charge in [0.05, 0.1) is 0 Å². The maximum atomic E-state index is 10.9. The van der Waals surface area contributed by atoms with Gasteiger partial charge in [-0.3, -0.25) is 4.79 Å². The molecule has 4 atom stereocenters. The lowest BCUT2D eigenvalue weighted by Gasteiger charge is -2.18. The van der Waals surface area contributed by atoms with E-state index in [-0.39, 0.29) is 12.1 Å². The van der Waals surface area contributed by atoms with Gasteiger partial charge < -0.3 is 4.74 Å². The third kappa shape index (κ3) is 1.61. The zero-order valence-corrected chi connectivity index (χ0v) is 8.48. The summed E-state index contributed by atoms with van der Waals surface area (Å²) >= 11 is 0. The molecule has 2 aliphatic carbocycles. The minimum atomic E-state index is -0.178. The second kappa shape index (κ2) is 3.60. The highest BCUT2D eigenvalue weighted by Crippen LogP contribution is 2.44. The number of carbonyl (C=O) groups is 1. The fraction of sp³-hybridized carbons (Fsp3) is 0.583. The third-order valence-electron chi connectivity index (χ3n) is 3.31. The molecule has 0 aromatic rings. The summed E-state index contributed by atoms with van der Waals surface area (Å²) in [6.45, 7) is 5.30. The van der Waals surface area contributed by atoms with Gasteiger partial charge >= 0.3 is 5.97 Å². The molecule has 14 heavy (non-hydrogen) atoms. The summed E-state index contributed by atoms with van der Waals surface area (Å²) in [5.74, 6) is 1.53. The lowest BCUT2D eigenvalue weighted by Crippen LogP contribution is -2.21. The van der Waals surface area contributed by atoms with Crippen molar-refractivity contribution in [2.75, 3.05) is 0 Å². The van der Waals surface area contributed by atoms with Crippen molar-refractivity contribution < 1.29 is 9.53 Å². The highest BCUT2D eigenvalue weighted by molar-refractivity contribution is 5.66. The highest BCUT2D eigenvalue weighted by atomic mass is 16.5. The first kappa shape index (κ1) is 9.50. The van der Waals surface area contributed by atoms with Gasteiger partial charge in [-0.2, -0.15) is 0 Å². The van der Waals surface area contributed by atoms with E-state index in [9.17, 15) is 4.79 Å². The van der Waals surface area contributed by atoms with Gasteiger partial charge in [-0.25, -0.2) is 0 Å². The Balaban J connectivity index is 2.01. The van der Waals surface area contributed by atoms with Crippen LogP contribution in [-0.2, 0) is 9.53 Å². The second-order valence-electron chi connectivity index (χ2n) is 4.25. The van der Waals surface area contributed by atoms with Crippen molar-refractivity contribution in [1.82, 2.24) is 0 Å². The lowest BCUT2D eigenvalue weighted by molar-refractivity contribution is -0.146. The van der Waals surface area contributed by atoms with E-state index >= 15 is 0 Å². The Morgan fingerprint density at radius 2 is 2.29 bits per heavy atom. The van der Waals surface area contributed by atoms with Gasteiger partial charge in [0.2, 0.25) is 0 Å². The highest BCUT2D eigenvalue weighted by Gasteiger charge is 2.40. The molecular formula is C12H16O2. The van der Waals surface area contributed by atoms with Crippen LogP contribution in [-0.4, -0.2) is 12.1 Å². The van der Waals surface area contributed by atoms with Crippen LogP contribution in [0.5, 0.6) is 0 Å². The summed E-state index contributed by atoms with van der Waals surface area (Å²) in [4.78, 5) is 10.9. The molecule has 0 spiro atoms. The Morgan fingerprint density at radius 3 is 2.93 bits per heavy atom. The van der Waals surface area contributed by atoms with Crippen molar-refractivity contribution in [3.8, 4) is 0 Å². The summed E-state index contributed by atoms with van der Waals surface area (Å²) in [5.41, 5.74) is 0. The summed E-state index contributed by atoms with van der Waals surface area (Å²) in [5, 5.41) is 0. The van der Waals surface area contributed by atoms with E-state index in [1.54, 1.807) is 0 Å². The molecule has 2 rings (SSSR count). The molecule has 0 bridgehead atoms. The summed E-state index contributed by atoms with van der Waals surface area (Å²) in [6, 6.07) is 0. The molecule has 0 aromatic heterocycles. The molecule has 0 N–H and O–H groups in total. The number of fused-ring (bicyclic) bond motifs is 1. The standard InChI is InChI=1S/C12H16O2/c1-3-9-6-10-4-5-12(11(10)7-9)14-8(2)13/h3-5,9-12H,1,6-7H2,2H3/t9-,10+,11-,12?/m0/s1. The molecule has 2 nitrogen and oxygen atoms in total. The molecule has 0 aromatic carbocycles. The predicted molar refractivity (Wildman–Crippen MR) is 54.6 cm³/mol. The van der Waals surface area contributed by atoms with Crippen molar-refractivity contribution in [2.45, 2.75) is 25.9 Å². The van der Waals surface area contributed by atoms with Crippen molar-refractivity contribution >= 4 is 5.97 Å². The van der Waals surface area contributed by atoms with E-state index in [2.05, 4.69) is 12.7 Å². The Hall–Kier alpha value is -1.05. The average Bonchev–Trinajstić information content (AvgIpc) is 2.66. The first-order valence-electron chi connectivity index (χ1n) is 5.19. The molecule has 0 aliphatic heterocycles. The zero-order chi connectivity index (χ0) is 10.1. The van der Waals surface area contributed by atoms with E-state index in [0.717, 1.165) is 6.42 Å². The summed E-state index contributed by atoms with van der Waals surface area (Å²) in [6.07, 6.45) is 8.55. The monoisotopic (exact) mass is 192 g/mol. The quantitative estimate of drug-likeness (QED) is 0.495. The minimum Gasteiger partial charge on any atom is -0.458 e. The van der Waals surface area contributed by atoms with Gasteiger partial charge in [-0.05, 0) is 30.8 Å². The number of esters is 1. The smallest absolute Gasteiger partial charge is 0.303 e. The first-order chi connectivity index (χ1) is 6.70. The first-order valence-corrected chi connectivity index (χ1v) is 5.19. The Morgan fingerprint density at radius 1 is 1.50 bits per heavy atom. The van der Waals surface area contributed by atoms with Gasteiger partial charge in [0.25, 0.3) is 0 Å². The molecule has 0 heterocycles. The SMILES string of the molecule is C=C[C@H]1C[C@H]2C=CC(OC(C)=O)[C@H]2C1. The Bertz CT molecular complexity index is 280. The number of rotatable bonds is 2. The molecule has 2 heteroatoms. The van der Waals surface area contributed by atoms with Crippen LogP contribution in [0.15, 0.2) is 24.8 Å². The van der Waals surface area contributed by atoms with Gasteiger partial charge in [-0.1, -0.05) is 12.2 Å². The maximum Gasteiger partial charge on any atom is 0.303 e. The Labute approximate surface area is 84.6 Å².